The SMILES string of the molecule is Cc1noc(Cc2cccc(CC(=O)Nc3ccc(CCCCc4nnc(NC(=O)Cc5ccccc5)s4)nn3)c2)n1.Cc1noc(Cc2cccc(CC(=O)O)c2)n1.Nc1ccc(CCCCc2nnc(NC(=O)Cc3ccccc3)s2)nn1. The fourth-order valence-corrected chi connectivity index (χ4v) is 9.94. The highest BCUT2D eigenvalue weighted by Gasteiger charge is 2.14. The van der Waals surface area contributed by atoms with Crippen molar-refractivity contribution in [3.05, 3.63) is 212 Å². The molecule has 0 aliphatic heterocycles. The molecule has 3 amide bonds. The number of carboxylic acid groups (broad SMARTS) is 1. The summed E-state index contributed by atoms with van der Waals surface area (Å²) in [6.45, 7) is 3.53. The Kier molecular flexibility index (Phi) is 23.1. The van der Waals surface area contributed by atoms with Crippen molar-refractivity contribution in [3.8, 4) is 0 Å². The van der Waals surface area contributed by atoms with Crippen LogP contribution in [0, 0.1) is 13.8 Å². The highest BCUT2D eigenvalue weighted by atomic mass is 32.1. The number of nitrogens with two attached hydrogens (primary N) is 1. The summed E-state index contributed by atoms with van der Waals surface area (Å²) in [5.41, 5.74) is 12.8. The monoisotopic (exact) mass is 1180 g/mol. The van der Waals surface area contributed by atoms with E-state index in [2.05, 4.69) is 77.0 Å². The van der Waals surface area contributed by atoms with Crippen LogP contribution in [-0.2, 0) is 83.4 Å². The van der Waals surface area contributed by atoms with E-state index < -0.39 is 5.97 Å². The van der Waals surface area contributed by atoms with Gasteiger partial charge in [-0.1, -0.05) is 142 Å². The third kappa shape index (κ3) is 22.1. The van der Waals surface area contributed by atoms with E-state index >= 15 is 0 Å². The molecule has 23 nitrogen and oxygen atoms in total. The van der Waals surface area contributed by atoms with Crippen LogP contribution in [-0.4, -0.2) is 89.9 Å². The fourth-order valence-electron chi connectivity index (χ4n) is 8.35. The maximum atomic E-state index is 12.6. The van der Waals surface area contributed by atoms with E-state index in [-0.39, 0.29) is 30.6 Å². The lowest BCUT2D eigenvalue weighted by Crippen LogP contribution is -2.16. The third-order valence-electron chi connectivity index (χ3n) is 12.3. The molecule has 0 saturated carbocycles. The second-order valence-corrected chi connectivity index (χ2v) is 21.6. The van der Waals surface area contributed by atoms with Gasteiger partial charge in [0.2, 0.25) is 39.8 Å². The molecule has 0 saturated heterocycles. The molecule has 85 heavy (non-hydrogen) atoms. The summed E-state index contributed by atoms with van der Waals surface area (Å²) in [5.74, 6) is 1.92. The van der Waals surface area contributed by atoms with Crippen LogP contribution in [0.4, 0.5) is 21.9 Å². The van der Waals surface area contributed by atoms with E-state index in [1.54, 1.807) is 32.0 Å². The first-order valence-corrected chi connectivity index (χ1v) is 28.9. The Hall–Kier alpha value is -9.88. The molecule has 0 aliphatic carbocycles. The van der Waals surface area contributed by atoms with Crippen molar-refractivity contribution in [2.24, 2.45) is 0 Å². The summed E-state index contributed by atoms with van der Waals surface area (Å²) in [7, 11) is 0. The van der Waals surface area contributed by atoms with Gasteiger partial charge in [0.05, 0.1) is 49.9 Å². The lowest BCUT2D eigenvalue weighted by Gasteiger charge is -2.06. The maximum absolute atomic E-state index is 12.6. The number of hydrogen-bond donors (Lipinski definition) is 5. The van der Waals surface area contributed by atoms with Gasteiger partial charge in [0, 0.05) is 12.8 Å². The lowest BCUT2D eigenvalue weighted by atomic mass is 10.1. The Morgan fingerprint density at radius 3 is 1.34 bits per heavy atom. The van der Waals surface area contributed by atoms with Crippen molar-refractivity contribution in [1.29, 1.82) is 0 Å². The topological polar surface area (TPSA) is 332 Å². The van der Waals surface area contributed by atoms with Crippen molar-refractivity contribution in [1.82, 2.24) is 61.1 Å². The smallest absolute Gasteiger partial charge is 0.307 e. The van der Waals surface area contributed by atoms with Gasteiger partial charge in [-0.3, -0.25) is 19.2 Å². The Balaban J connectivity index is 0.000000185. The van der Waals surface area contributed by atoms with Gasteiger partial charge in [-0.05, 0) is 110 Å². The molecule has 6 N–H and O–H groups in total. The molecule has 6 aromatic heterocycles. The standard InChI is InChI=1S/C30H30N8O3S.C18H20N6OS.C12H12N2O3/c1-20-31-28(41-38-20)19-23-11-7-10-22(16-23)18-26(39)32-25-15-14-24(34-35-25)12-5-6-13-29-36-37-30(42-29)33-27(40)17-21-8-3-2-4-9-21;19-15-11-10-14(21-22-15)8-4-5-9-17-23-24-18(26-17)20-16(25)12-13-6-2-1-3-7-13;1-8-13-11(17-14-8)6-9-3-2-4-10(5-9)7-12(15)16/h2-4,7-11,14-16H,5-6,12-13,17-19H2,1H3,(H,32,35,39)(H,33,37,40);1-3,6-7,10-11H,4-5,8-9,12H2,(H2,19,22)(H,20,24,25);2-5H,6-7H2,1H3,(H,15,16). The minimum absolute atomic E-state index is 0.0245. The number of amides is 3. The second-order valence-electron chi connectivity index (χ2n) is 19.5. The highest BCUT2D eigenvalue weighted by Crippen LogP contribution is 2.21. The first-order valence-electron chi connectivity index (χ1n) is 27.3. The molecule has 0 aliphatic rings. The molecule has 10 aromatic rings. The number of carbonyl (C=O) groups excluding carboxylic acids is 3. The number of nitrogen functional groups attached to an aromatic ring is 1. The van der Waals surface area contributed by atoms with Gasteiger partial charge in [-0.25, -0.2) is 0 Å². The van der Waals surface area contributed by atoms with Crippen LogP contribution in [0.1, 0.15) is 104 Å². The normalized spacial score (nSPS) is 10.7. The molecular formula is C60H62N16O7S2. The van der Waals surface area contributed by atoms with E-state index in [9.17, 15) is 19.2 Å². The molecule has 6 heterocycles. The molecule has 0 bridgehead atoms. The number of aryl methyl sites for hydroxylation is 6. The predicted octanol–water partition coefficient (Wildman–Crippen LogP) is 8.79. The van der Waals surface area contributed by atoms with Crippen LogP contribution in [0.15, 0.2) is 143 Å². The van der Waals surface area contributed by atoms with Gasteiger partial charge in [0.25, 0.3) is 0 Å². The minimum atomic E-state index is -0.837. The first-order chi connectivity index (χ1) is 41.3. The average molecular weight is 1180 g/mol. The van der Waals surface area contributed by atoms with Gasteiger partial charge in [-0.2, -0.15) is 20.2 Å². The number of benzene rings is 4. The van der Waals surface area contributed by atoms with Crippen LogP contribution in [0.25, 0.3) is 0 Å². The first kappa shape index (κ1) is 61.2. The zero-order valence-electron chi connectivity index (χ0n) is 46.8. The molecule has 4 aromatic carbocycles. The van der Waals surface area contributed by atoms with E-state index in [0.29, 0.717) is 71.0 Å². The summed E-state index contributed by atoms with van der Waals surface area (Å²) < 4.78 is 10.2. The molecule has 0 unspecified atom stereocenters. The highest BCUT2D eigenvalue weighted by molar-refractivity contribution is 7.15. The number of rotatable bonds is 25. The zero-order chi connectivity index (χ0) is 59.6. The van der Waals surface area contributed by atoms with Crippen LogP contribution >= 0.6 is 22.7 Å². The third-order valence-corrected chi connectivity index (χ3v) is 14.1. The van der Waals surface area contributed by atoms with Gasteiger partial charge >= 0.3 is 5.97 Å². The van der Waals surface area contributed by atoms with Crippen molar-refractivity contribution < 1.29 is 33.3 Å². The van der Waals surface area contributed by atoms with E-state index in [0.717, 1.165) is 106 Å². The van der Waals surface area contributed by atoms with Crippen LogP contribution in [0.3, 0.4) is 0 Å². The number of aliphatic carboxylic acids is 1. The summed E-state index contributed by atoms with van der Waals surface area (Å²) in [6.07, 6.45) is 8.86. The number of unbranched alkanes of at least 4 members (excludes halogenated alkanes) is 2. The number of aromatic nitrogens is 12. The van der Waals surface area contributed by atoms with Gasteiger partial charge in [0.15, 0.2) is 17.5 Å². The Morgan fingerprint density at radius 2 is 0.894 bits per heavy atom. The van der Waals surface area contributed by atoms with Gasteiger partial charge in [0.1, 0.15) is 15.8 Å². The number of carbonyl (C=O) groups is 4. The minimum Gasteiger partial charge on any atom is -0.481 e. The van der Waals surface area contributed by atoms with Crippen molar-refractivity contribution in [3.63, 3.8) is 0 Å². The van der Waals surface area contributed by atoms with E-state index in [1.807, 2.05) is 115 Å². The fraction of sp³-hybridized carbons (Fsp3) is 0.267. The van der Waals surface area contributed by atoms with Crippen LogP contribution < -0.4 is 21.7 Å². The van der Waals surface area contributed by atoms with Gasteiger partial charge < -0.3 is 35.8 Å². The molecule has 0 atom stereocenters. The van der Waals surface area contributed by atoms with Crippen molar-refractivity contribution >= 4 is 68.3 Å². The maximum Gasteiger partial charge on any atom is 0.307 e. The molecule has 0 radical (unpaired) electrons. The quantitative estimate of drug-likeness (QED) is 0.0334. The van der Waals surface area contributed by atoms with Crippen molar-refractivity contribution in [2.45, 2.75) is 104 Å². The Bertz CT molecular complexity index is 3710. The van der Waals surface area contributed by atoms with E-state index in [1.165, 1.54) is 22.7 Å². The molecule has 0 spiro atoms. The predicted molar refractivity (Wildman–Crippen MR) is 319 cm³/mol. The van der Waals surface area contributed by atoms with Crippen molar-refractivity contribution in [2.75, 3.05) is 21.7 Å². The van der Waals surface area contributed by atoms with Crippen LogP contribution in [0.5, 0.6) is 0 Å². The molecule has 436 valence electrons. The number of nitrogens with zero attached hydrogens (tertiary/aromatic N) is 12. The largest absolute Gasteiger partial charge is 0.481 e. The number of hydrogen-bond acceptors (Lipinski definition) is 21. The molecule has 25 heteroatoms. The number of nitrogens with one attached hydrogen (secondary N) is 3. The summed E-state index contributed by atoms with van der Waals surface area (Å²) in [4.78, 5) is 55.8. The molecular weight excluding hydrogens is 1120 g/mol. The van der Waals surface area contributed by atoms with Crippen LogP contribution in [0.2, 0.25) is 0 Å². The Morgan fingerprint density at radius 1 is 0.459 bits per heavy atom. The average Bonchev–Trinajstić information content (AvgIpc) is 4.47. The zero-order valence-corrected chi connectivity index (χ0v) is 48.4. The number of carboxylic acids is 1. The Labute approximate surface area is 497 Å². The summed E-state index contributed by atoms with van der Waals surface area (Å²) in [5, 5.41) is 60.3. The number of anilines is 4. The summed E-state index contributed by atoms with van der Waals surface area (Å²) in [6, 6.07) is 41.6. The second kappa shape index (κ2) is 32.1. The molecule has 10 rings (SSSR count). The summed E-state index contributed by atoms with van der Waals surface area (Å²) >= 11 is 2.82. The molecule has 0 fully saturated rings. The van der Waals surface area contributed by atoms with E-state index in [4.69, 9.17) is 19.9 Å². The van der Waals surface area contributed by atoms with Gasteiger partial charge in [-0.15, -0.1) is 30.6 Å². The lowest BCUT2D eigenvalue weighted by molar-refractivity contribution is -0.136.